The van der Waals surface area contributed by atoms with Crippen LogP contribution in [0.5, 0.6) is 11.5 Å². The summed E-state index contributed by atoms with van der Waals surface area (Å²) < 4.78 is 25.8. The zero-order chi connectivity index (χ0) is 21.5. The molecule has 2 N–H and O–H groups in total. The molecule has 1 heterocycles. The molecule has 0 aliphatic rings. The van der Waals surface area contributed by atoms with Crippen molar-refractivity contribution in [3.63, 3.8) is 0 Å². The SMILES string of the molecule is CCOc1cccc(CNCCc2c[nH]c3ccccc23)c1OCc1ccccc1F.Cl. The second-order valence-corrected chi connectivity index (χ2v) is 7.34. The summed E-state index contributed by atoms with van der Waals surface area (Å²) >= 11 is 0. The standard InChI is InChI=1S/C26H27FN2O2.ClH/c1-2-30-25-13-7-9-20(26(25)31-18-21-8-3-5-11-23(21)27)16-28-15-14-19-17-29-24-12-6-4-10-22(19)24;/h3-13,17,28-29H,2,14-16,18H2,1H3;1H. The first-order valence-electron chi connectivity index (χ1n) is 10.6. The van der Waals surface area contributed by atoms with Gasteiger partial charge in [0.2, 0.25) is 0 Å². The van der Waals surface area contributed by atoms with Crippen LogP contribution < -0.4 is 14.8 Å². The van der Waals surface area contributed by atoms with Crippen molar-refractivity contribution in [1.29, 1.82) is 0 Å². The first-order valence-corrected chi connectivity index (χ1v) is 10.6. The van der Waals surface area contributed by atoms with Crippen LogP contribution in [0.4, 0.5) is 4.39 Å². The number of ether oxygens (including phenoxy) is 2. The molecule has 4 rings (SSSR count). The molecule has 0 atom stereocenters. The number of halogens is 2. The van der Waals surface area contributed by atoms with Gasteiger partial charge in [-0.15, -0.1) is 12.4 Å². The lowest BCUT2D eigenvalue weighted by Crippen LogP contribution is -2.17. The third-order valence-electron chi connectivity index (χ3n) is 5.25. The number of hydrogen-bond acceptors (Lipinski definition) is 3. The highest BCUT2D eigenvalue weighted by Gasteiger charge is 2.13. The number of aromatic amines is 1. The molecular weight excluding hydrogens is 427 g/mol. The molecule has 1 aromatic heterocycles. The lowest BCUT2D eigenvalue weighted by atomic mass is 10.1. The Labute approximate surface area is 194 Å². The maximum atomic E-state index is 14.0. The van der Waals surface area contributed by atoms with E-state index in [0.717, 1.165) is 24.0 Å². The molecule has 4 nitrogen and oxygen atoms in total. The molecule has 3 aromatic carbocycles. The molecule has 0 aliphatic heterocycles. The summed E-state index contributed by atoms with van der Waals surface area (Å²) in [6, 6.07) is 20.8. The van der Waals surface area contributed by atoms with Crippen LogP contribution in [-0.4, -0.2) is 18.1 Å². The van der Waals surface area contributed by atoms with Crippen molar-refractivity contribution < 1.29 is 13.9 Å². The zero-order valence-electron chi connectivity index (χ0n) is 18.1. The number of aromatic nitrogens is 1. The minimum Gasteiger partial charge on any atom is -0.490 e. The van der Waals surface area contributed by atoms with E-state index in [0.29, 0.717) is 30.2 Å². The quantitative estimate of drug-likeness (QED) is 0.287. The van der Waals surface area contributed by atoms with E-state index in [-0.39, 0.29) is 24.8 Å². The molecule has 0 bridgehead atoms. The van der Waals surface area contributed by atoms with Crippen LogP contribution in [0.15, 0.2) is 72.9 Å². The van der Waals surface area contributed by atoms with E-state index in [4.69, 9.17) is 9.47 Å². The molecular formula is C26H28ClFN2O2. The first kappa shape index (κ1) is 23.6. The number of benzene rings is 3. The number of hydrogen-bond donors (Lipinski definition) is 2. The van der Waals surface area contributed by atoms with Gasteiger partial charge in [-0.1, -0.05) is 48.5 Å². The fraction of sp³-hybridized carbons (Fsp3) is 0.231. The summed E-state index contributed by atoms with van der Waals surface area (Å²) in [7, 11) is 0. The predicted octanol–water partition coefficient (Wildman–Crippen LogP) is 6.04. The van der Waals surface area contributed by atoms with Gasteiger partial charge in [0.05, 0.1) is 6.61 Å². The Balaban J connectivity index is 0.00000289. The van der Waals surface area contributed by atoms with Gasteiger partial charge < -0.3 is 19.8 Å². The number of fused-ring (bicyclic) bond motifs is 1. The maximum absolute atomic E-state index is 14.0. The molecule has 32 heavy (non-hydrogen) atoms. The fourth-order valence-corrected chi connectivity index (χ4v) is 3.68. The Hall–Kier alpha value is -3.02. The van der Waals surface area contributed by atoms with Crippen LogP contribution in [0.3, 0.4) is 0 Å². The van der Waals surface area contributed by atoms with E-state index in [9.17, 15) is 4.39 Å². The topological polar surface area (TPSA) is 46.3 Å². The molecule has 0 aliphatic carbocycles. The minimum absolute atomic E-state index is 0. The molecule has 168 valence electrons. The summed E-state index contributed by atoms with van der Waals surface area (Å²) in [5.74, 6) is 1.07. The highest BCUT2D eigenvalue weighted by Crippen LogP contribution is 2.32. The molecule has 0 unspecified atom stereocenters. The zero-order valence-corrected chi connectivity index (χ0v) is 18.9. The normalized spacial score (nSPS) is 10.7. The summed E-state index contributed by atoms with van der Waals surface area (Å²) in [5.41, 5.74) is 3.96. The fourth-order valence-electron chi connectivity index (χ4n) is 3.68. The highest BCUT2D eigenvalue weighted by molar-refractivity contribution is 5.85. The van der Waals surface area contributed by atoms with E-state index in [1.54, 1.807) is 12.1 Å². The lowest BCUT2D eigenvalue weighted by Gasteiger charge is -2.17. The Morgan fingerprint density at radius 3 is 2.50 bits per heavy atom. The van der Waals surface area contributed by atoms with Gasteiger partial charge in [0.1, 0.15) is 12.4 Å². The Bertz CT molecular complexity index is 1150. The van der Waals surface area contributed by atoms with Crippen molar-refractivity contribution in [3.05, 3.63) is 95.4 Å². The van der Waals surface area contributed by atoms with Crippen LogP contribution in [0.1, 0.15) is 23.6 Å². The second kappa shape index (κ2) is 11.6. The largest absolute Gasteiger partial charge is 0.490 e. The second-order valence-electron chi connectivity index (χ2n) is 7.34. The molecule has 0 fully saturated rings. The summed E-state index contributed by atoms with van der Waals surface area (Å²) in [5, 5.41) is 4.76. The van der Waals surface area contributed by atoms with E-state index in [1.807, 2.05) is 37.3 Å². The van der Waals surface area contributed by atoms with Gasteiger partial charge in [-0.3, -0.25) is 0 Å². The summed E-state index contributed by atoms with van der Waals surface area (Å²) in [4.78, 5) is 3.32. The third-order valence-corrected chi connectivity index (χ3v) is 5.25. The van der Waals surface area contributed by atoms with Crippen LogP contribution in [0, 0.1) is 5.82 Å². The Kier molecular flexibility index (Phi) is 8.54. The number of H-pyrrole nitrogens is 1. The monoisotopic (exact) mass is 454 g/mol. The minimum atomic E-state index is -0.269. The van der Waals surface area contributed by atoms with Gasteiger partial charge in [0.25, 0.3) is 0 Å². The van der Waals surface area contributed by atoms with Crippen molar-refractivity contribution >= 4 is 23.3 Å². The first-order chi connectivity index (χ1) is 15.3. The lowest BCUT2D eigenvalue weighted by molar-refractivity contribution is 0.262. The average Bonchev–Trinajstić information content (AvgIpc) is 3.20. The van der Waals surface area contributed by atoms with Gasteiger partial charge in [0.15, 0.2) is 11.5 Å². The van der Waals surface area contributed by atoms with E-state index in [1.165, 1.54) is 17.0 Å². The van der Waals surface area contributed by atoms with Crippen molar-refractivity contribution in [2.24, 2.45) is 0 Å². The van der Waals surface area contributed by atoms with Gasteiger partial charge in [-0.05, 0) is 43.7 Å². The van der Waals surface area contributed by atoms with E-state index in [2.05, 4.69) is 34.7 Å². The van der Waals surface area contributed by atoms with Crippen LogP contribution in [0.2, 0.25) is 0 Å². The van der Waals surface area contributed by atoms with Crippen LogP contribution >= 0.6 is 12.4 Å². The summed E-state index contributed by atoms with van der Waals surface area (Å²) in [6.07, 6.45) is 2.99. The van der Waals surface area contributed by atoms with Crippen molar-refractivity contribution in [1.82, 2.24) is 10.3 Å². The van der Waals surface area contributed by atoms with E-state index < -0.39 is 0 Å². The molecule has 6 heteroatoms. The summed E-state index contributed by atoms with van der Waals surface area (Å²) in [6.45, 7) is 4.09. The van der Waals surface area contributed by atoms with Crippen LogP contribution in [0.25, 0.3) is 10.9 Å². The van der Waals surface area contributed by atoms with Gasteiger partial charge in [-0.25, -0.2) is 4.39 Å². The third kappa shape index (κ3) is 5.61. The molecule has 0 radical (unpaired) electrons. The predicted molar refractivity (Wildman–Crippen MR) is 129 cm³/mol. The average molecular weight is 455 g/mol. The number of rotatable bonds is 10. The van der Waals surface area contributed by atoms with Gasteiger partial charge in [0, 0.05) is 34.8 Å². The molecule has 0 saturated carbocycles. The van der Waals surface area contributed by atoms with Crippen molar-refractivity contribution in [2.75, 3.05) is 13.2 Å². The Morgan fingerprint density at radius 2 is 1.66 bits per heavy atom. The number of nitrogens with one attached hydrogen (secondary N) is 2. The number of para-hydroxylation sites is 2. The molecule has 4 aromatic rings. The molecule has 0 spiro atoms. The van der Waals surface area contributed by atoms with Crippen molar-refractivity contribution in [3.8, 4) is 11.5 Å². The molecule has 0 amide bonds. The maximum Gasteiger partial charge on any atom is 0.166 e. The van der Waals surface area contributed by atoms with Gasteiger partial charge in [-0.2, -0.15) is 0 Å². The molecule has 0 saturated heterocycles. The Morgan fingerprint density at radius 1 is 0.875 bits per heavy atom. The van der Waals surface area contributed by atoms with E-state index >= 15 is 0 Å². The highest BCUT2D eigenvalue weighted by atomic mass is 35.5. The van der Waals surface area contributed by atoms with Gasteiger partial charge >= 0.3 is 0 Å². The van der Waals surface area contributed by atoms with Crippen molar-refractivity contribution in [2.45, 2.75) is 26.5 Å². The van der Waals surface area contributed by atoms with Crippen LogP contribution in [-0.2, 0) is 19.6 Å². The smallest absolute Gasteiger partial charge is 0.166 e.